The van der Waals surface area contributed by atoms with E-state index in [4.69, 9.17) is 5.26 Å². The summed E-state index contributed by atoms with van der Waals surface area (Å²) in [6, 6.07) is 0.206. The lowest BCUT2D eigenvalue weighted by Crippen LogP contribution is -2.51. The molecule has 26 heavy (non-hydrogen) atoms. The Morgan fingerprint density at radius 2 is 1.88 bits per heavy atom. The van der Waals surface area contributed by atoms with Crippen molar-refractivity contribution in [3.8, 4) is 6.07 Å². The van der Waals surface area contributed by atoms with Crippen molar-refractivity contribution in [2.75, 3.05) is 13.1 Å². The molecular formula is C19H27F2N3O2. The minimum absolute atomic E-state index is 0.0222. The molecule has 2 aliphatic carbocycles. The standard InChI is InChI=1S/C19H27F2N3O2/c20-19(21,12-14-3-4-14)13-15(16(25)2-1-9-22)23-17(26)24-10-7-18(5-6-18)8-11-24/h14-15H,1-8,10-13H2,(H,23,26)/t15-/m0/s1. The van der Waals surface area contributed by atoms with Gasteiger partial charge in [-0.1, -0.05) is 0 Å². The number of ketones is 1. The second kappa shape index (κ2) is 7.50. The van der Waals surface area contributed by atoms with E-state index in [2.05, 4.69) is 5.32 Å². The van der Waals surface area contributed by atoms with Crippen molar-refractivity contribution < 1.29 is 18.4 Å². The SMILES string of the molecule is N#CCCC(=O)[C@H](CC(F)(F)CC1CC1)NC(=O)N1CCC2(CC1)CC2. The zero-order valence-electron chi connectivity index (χ0n) is 15.1. The van der Waals surface area contributed by atoms with Crippen LogP contribution in [-0.2, 0) is 4.79 Å². The normalized spacial score (nSPS) is 22.6. The van der Waals surface area contributed by atoms with Crippen molar-refractivity contribution in [1.82, 2.24) is 10.2 Å². The number of amides is 2. The van der Waals surface area contributed by atoms with Gasteiger partial charge in [0.25, 0.3) is 5.92 Å². The van der Waals surface area contributed by atoms with Crippen LogP contribution in [0.4, 0.5) is 13.6 Å². The first-order valence-corrected chi connectivity index (χ1v) is 9.65. The maximum atomic E-state index is 14.3. The number of nitrogens with one attached hydrogen (secondary N) is 1. The van der Waals surface area contributed by atoms with Crippen LogP contribution in [0, 0.1) is 22.7 Å². The van der Waals surface area contributed by atoms with Crippen LogP contribution in [0.2, 0.25) is 0 Å². The minimum Gasteiger partial charge on any atom is -0.328 e. The number of alkyl halides is 2. The quantitative estimate of drug-likeness (QED) is 0.712. The molecule has 3 rings (SSSR count). The van der Waals surface area contributed by atoms with E-state index in [0.29, 0.717) is 18.5 Å². The molecule has 0 bridgehead atoms. The highest BCUT2D eigenvalue weighted by atomic mass is 19.3. The van der Waals surface area contributed by atoms with Gasteiger partial charge in [-0.3, -0.25) is 4.79 Å². The first kappa shape index (κ1) is 19.1. The maximum absolute atomic E-state index is 14.3. The molecule has 0 radical (unpaired) electrons. The maximum Gasteiger partial charge on any atom is 0.317 e. The predicted octanol–water partition coefficient (Wildman–Crippen LogP) is 3.64. The second-order valence-electron chi connectivity index (χ2n) is 8.32. The fourth-order valence-electron chi connectivity index (χ4n) is 3.83. The number of rotatable bonds is 8. The monoisotopic (exact) mass is 367 g/mol. The Kier molecular flexibility index (Phi) is 5.50. The number of nitrogens with zero attached hydrogens (tertiary/aromatic N) is 2. The topological polar surface area (TPSA) is 73.2 Å². The van der Waals surface area contributed by atoms with Crippen molar-refractivity contribution in [2.45, 2.75) is 76.2 Å². The highest BCUT2D eigenvalue weighted by molar-refractivity contribution is 5.88. The van der Waals surface area contributed by atoms with Gasteiger partial charge in [0.2, 0.25) is 0 Å². The number of Topliss-reactive ketones (excluding diaryl/α,β-unsaturated/α-hetero) is 1. The van der Waals surface area contributed by atoms with Gasteiger partial charge < -0.3 is 10.2 Å². The number of hydrogen-bond acceptors (Lipinski definition) is 3. The average molecular weight is 367 g/mol. The Balaban J connectivity index is 1.57. The molecular weight excluding hydrogens is 340 g/mol. The van der Waals surface area contributed by atoms with E-state index in [9.17, 15) is 18.4 Å². The van der Waals surface area contributed by atoms with Gasteiger partial charge in [-0.2, -0.15) is 5.26 Å². The molecule has 144 valence electrons. The van der Waals surface area contributed by atoms with E-state index >= 15 is 0 Å². The summed E-state index contributed by atoms with van der Waals surface area (Å²) in [6.45, 7) is 1.23. The number of nitriles is 1. The van der Waals surface area contributed by atoms with E-state index in [1.807, 2.05) is 6.07 Å². The largest absolute Gasteiger partial charge is 0.328 e. The molecule has 2 saturated carbocycles. The van der Waals surface area contributed by atoms with E-state index in [1.54, 1.807) is 4.90 Å². The van der Waals surface area contributed by atoms with Crippen molar-refractivity contribution in [2.24, 2.45) is 11.3 Å². The Labute approximate surface area is 153 Å². The van der Waals surface area contributed by atoms with Crippen molar-refractivity contribution >= 4 is 11.8 Å². The molecule has 0 aromatic carbocycles. The highest BCUT2D eigenvalue weighted by Crippen LogP contribution is 2.53. The lowest BCUT2D eigenvalue weighted by molar-refractivity contribution is -0.124. The van der Waals surface area contributed by atoms with Gasteiger partial charge in [0, 0.05) is 38.8 Å². The lowest BCUT2D eigenvalue weighted by atomic mass is 9.94. The van der Waals surface area contributed by atoms with Crippen LogP contribution in [-0.4, -0.2) is 41.8 Å². The second-order valence-corrected chi connectivity index (χ2v) is 8.32. The third-order valence-corrected chi connectivity index (χ3v) is 6.02. The Hall–Kier alpha value is -1.71. The number of urea groups is 1. The van der Waals surface area contributed by atoms with Gasteiger partial charge in [-0.05, 0) is 49.9 Å². The Bertz CT molecular complexity index is 584. The molecule has 1 aliphatic heterocycles. The van der Waals surface area contributed by atoms with E-state index in [1.165, 1.54) is 12.8 Å². The van der Waals surface area contributed by atoms with E-state index < -0.39 is 30.2 Å². The predicted molar refractivity (Wildman–Crippen MR) is 91.6 cm³/mol. The summed E-state index contributed by atoms with van der Waals surface area (Å²) in [6.07, 6.45) is 4.92. The molecule has 7 heteroatoms. The van der Waals surface area contributed by atoms with Gasteiger partial charge in [0.05, 0.1) is 12.1 Å². The van der Waals surface area contributed by atoms with E-state index in [-0.39, 0.29) is 25.2 Å². The summed E-state index contributed by atoms with van der Waals surface area (Å²) < 4.78 is 28.5. The fourth-order valence-corrected chi connectivity index (χ4v) is 3.83. The molecule has 1 spiro atoms. The summed E-state index contributed by atoms with van der Waals surface area (Å²) in [7, 11) is 0. The molecule has 3 fully saturated rings. The summed E-state index contributed by atoms with van der Waals surface area (Å²) in [4.78, 5) is 26.4. The number of halogens is 2. The molecule has 1 N–H and O–H groups in total. The van der Waals surface area contributed by atoms with Crippen LogP contribution in [0.3, 0.4) is 0 Å². The number of piperidine rings is 1. The molecule has 1 saturated heterocycles. The molecule has 0 unspecified atom stereocenters. The zero-order chi connectivity index (χ0) is 18.8. The molecule has 2 amide bonds. The Morgan fingerprint density at radius 1 is 1.23 bits per heavy atom. The third kappa shape index (κ3) is 5.15. The summed E-state index contributed by atoms with van der Waals surface area (Å²) >= 11 is 0. The third-order valence-electron chi connectivity index (χ3n) is 6.02. The number of carbonyl (C=O) groups excluding carboxylic acids is 2. The smallest absolute Gasteiger partial charge is 0.317 e. The lowest BCUT2D eigenvalue weighted by Gasteiger charge is -2.33. The summed E-state index contributed by atoms with van der Waals surface area (Å²) in [5.74, 6) is -3.42. The van der Waals surface area contributed by atoms with Gasteiger partial charge in [-0.25, -0.2) is 13.6 Å². The fraction of sp³-hybridized carbons (Fsp3) is 0.842. The molecule has 0 aromatic rings. The summed E-state index contributed by atoms with van der Waals surface area (Å²) in [5, 5.41) is 11.2. The van der Waals surface area contributed by atoms with Crippen LogP contribution in [0.5, 0.6) is 0 Å². The Morgan fingerprint density at radius 3 is 2.42 bits per heavy atom. The summed E-state index contributed by atoms with van der Waals surface area (Å²) in [5.41, 5.74) is 0.413. The molecule has 3 aliphatic rings. The van der Waals surface area contributed by atoms with Crippen LogP contribution in [0.25, 0.3) is 0 Å². The molecule has 5 nitrogen and oxygen atoms in total. The number of hydrogen-bond donors (Lipinski definition) is 1. The number of likely N-dealkylation sites (tertiary alicyclic amines) is 1. The molecule has 1 heterocycles. The zero-order valence-corrected chi connectivity index (χ0v) is 15.1. The first-order chi connectivity index (χ1) is 12.3. The van der Waals surface area contributed by atoms with Gasteiger partial charge in [0.15, 0.2) is 5.78 Å². The molecule has 1 atom stereocenters. The van der Waals surface area contributed by atoms with Crippen molar-refractivity contribution in [1.29, 1.82) is 5.26 Å². The minimum atomic E-state index is -2.97. The van der Waals surface area contributed by atoms with Crippen molar-refractivity contribution in [3.63, 3.8) is 0 Å². The first-order valence-electron chi connectivity index (χ1n) is 9.65. The number of carbonyl (C=O) groups is 2. The average Bonchev–Trinajstić information content (AvgIpc) is 3.51. The van der Waals surface area contributed by atoms with Gasteiger partial charge >= 0.3 is 6.03 Å². The van der Waals surface area contributed by atoms with Crippen LogP contribution >= 0.6 is 0 Å². The molecule has 0 aromatic heterocycles. The van der Waals surface area contributed by atoms with Crippen molar-refractivity contribution in [3.05, 3.63) is 0 Å². The highest BCUT2D eigenvalue weighted by Gasteiger charge is 2.46. The van der Waals surface area contributed by atoms with Gasteiger partial charge in [0.1, 0.15) is 0 Å². The van der Waals surface area contributed by atoms with Crippen LogP contribution in [0.1, 0.15) is 64.2 Å². The van der Waals surface area contributed by atoms with Crippen LogP contribution < -0.4 is 5.32 Å². The van der Waals surface area contributed by atoms with Gasteiger partial charge in [-0.15, -0.1) is 0 Å². The van der Waals surface area contributed by atoms with Crippen LogP contribution in [0.15, 0.2) is 0 Å². The van der Waals surface area contributed by atoms with E-state index in [0.717, 1.165) is 25.7 Å².